The summed E-state index contributed by atoms with van der Waals surface area (Å²) in [6.07, 6.45) is 2.79. The summed E-state index contributed by atoms with van der Waals surface area (Å²) in [6, 6.07) is 2.84. The molecule has 2 aliphatic rings. The van der Waals surface area contributed by atoms with Gasteiger partial charge in [0.25, 0.3) is 0 Å². The van der Waals surface area contributed by atoms with Crippen molar-refractivity contribution in [3.63, 3.8) is 0 Å². The smallest absolute Gasteiger partial charge is 0.0597 e. The molecule has 0 amide bonds. The molecule has 2 heterocycles. The molecule has 1 aromatic rings. The Bertz CT molecular complexity index is 503. The second-order valence-corrected chi connectivity index (χ2v) is 7.64. The Hall–Kier alpha value is -0.870. The topological polar surface area (TPSA) is 33.1 Å². The number of hydrogen-bond donors (Lipinski definition) is 1. The highest BCUT2D eigenvalue weighted by Gasteiger charge is 2.48. The van der Waals surface area contributed by atoms with E-state index in [1.54, 1.807) is 0 Å². The first-order chi connectivity index (χ1) is 9.90. The molecule has 1 saturated heterocycles. The summed E-state index contributed by atoms with van der Waals surface area (Å²) in [5.74, 6) is 1.55. The van der Waals surface area contributed by atoms with E-state index in [9.17, 15) is 0 Å². The molecule has 4 heteroatoms. The first kappa shape index (κ1) is 15.0. The van der Waals surface area contributed by atoms with Crippen molar-refractivity contribution in [2.24, 2.45) is 18.9 Å². The summed E-state index contributed by atoms with van der Waals surface area (Å²) in [4.78, 5) is 2.72. The Morgan fingerprint density at radius 2 is 2.14 bits per heavy atom. The summed E-state index contributed by atoms with van der Waals surface area (Å²) < 4.78 is 2.05. The molecule has 2 unspecified atom stereocenters. The second kappa shape index (κ2) is 5.40. The van der Waals surface area contributed by atoms with E-state index in [1.807, 2.05) is 0 Å². The molecular weight excluding hydrogens is 260 g/mol. The van der Waals surface area contributed by atoms with Gasteiger partial charge in [-0.25, -0.2) is 0 Å². The molecule has 2 fully saturated rings. The van der Waals surface area contributed by atoms with E-state index in [0.29, 0.717) is 17.5 Å². The quantitative estimate of drug-likeness (QED) is 0.924. The van der Waals surface area contributed by atoms with Gasteiger partial charge < -0.3 is 5.32 Å². The number of nitrogens with zero attached hydrogens (tertiary/aromatic N) is 3. The average molecular weight is 290 g/mol. The van der Waals surface area contributed by atoms with Crippen LogP contribution in [0.2, 0.25) is 0 Å². The van der Waals surface area contributed by atoms with Crippen LogP contribution in [0.4, 0.5) is 0 Å². The number of aromatic nitrogens is 2. The number of hydrogen-bond acceptors (Lipinski definition) is 3. The van der Waals surface area contributed by atoms with Gasteiger partial charge in [-0.3, -0.25) is 9.58 Å². The number of nitrogens with one attached hydrogen (secondary N) is 1. The Labute approximate surface area is 128 Å². The summed E-state index contributed by atoms with van der Waals surface area (Å²) in [5.41, 5.74) is 2.77. The maximum absolute atomic E-state index is 4.51. The van der Waals surface area contributed by atoms with Crippen molar-refractivity contribution in [1.82, 2.24) is 20.0 Å². The highest BCUT2D eigenvalue weighted by Crippen LogP contribution is 2.44. The lowest BCUT2D eigenvalue weighted by Gasteiger charge is -2.49. The van der Waals surface area contributed by atoms with Crippen LogP contribution in [0.3, 0.4) is 0 Å². The van der Waals surface area contributed by atoms with Crippen molar-refractivity contribution in [3.8, 4) is 0 Å². The summed E-state index contributed by atoms with van der Waals surface area (Å²) in [5, 5.41) is 8.32. The second-order valence-electron chi connectivity index (χ2n) is 7.64. The fraction of sp³-hybridized carbons (Fsp3) is 0.824. The zero-order chi connectivity index (χ0) is 15.2. The number of rotatable bonds is 4. The molecule has 1 aliphatic carbocycles. The third kappa shape index (κ3) is 2.88. The Kier molecular flexibility index (Phi) is 3.87. The minimum absolute atomic E-state index is 0.309. The van der Waals surface area contributed by atoms with Crippen LogP contribution in [-0.2, 0) is 13.6 Å². The molecule has 118 valence electrons. The molecule has 1 N–H and O–H groups in total. The van der Waals surface area contributed by atoms with Crippen LogP contribution in [-0.4, -0.2) is 39.4 Å². The van der Waals surface area contributed by atoms with Crippen molar-refractivity contribution in [3.05, 3.63) is 17.5 Å². The summed E-state index contributed by atoms with van der Waals surface area (Å²) in [6.45, 7) is 12.5. The molecule has 0 aromatic carbocycles. The maximum Gasteiger partial charge on any atom is 0.0597 e. The summed E-state index contributed by atoms with van der Waals surface area (Å²) >= 11 is 0. The lowest BCUT2D eigenvalue weighted by molar-refractivity contribution is 0.0169. The van der Waals surface area contributed by atoms with Gasteiger partial charge >= 0.3 is 0 Å². The van der Waals surface area contributed by atoms with Crippen LogP contribution in [0, 0.1) is 18.8 Å². The normalized spacial score (nSPS) is 31.0. The van der Waals surface area contributed by atoms with Gasteiger partial charge in [-0.1, -0.05) is 13.8 Å². The van der Waals surface area contributed by atoms with Crippen molar-refractivity contribution < 1.29 is 0 Å². The minimum atomic E-state index is 0.309. The first-order valence-electron chi connectivity index (χ1n) is 8.38. The van der Waals surface area contributed by atoms with Crippen LogP contribution in [0.25, 0.3) is 0 Å². The fourth-order valence-corrected chi connectivity index (χ4v) is 3.77. The van der Waals surface area contributed by atoms with Crippen molar-refractivity contribution in [2.75, 3.05) is 13.1 Å². The zero-order valence-electron chi connectivity index (χ0n) is 14.2. The van der Waals surface area contributed by atoms with Gasteiger partial charge in [-0.05, 0) is 44.6 Å². The van der Waals surface area contributed by atoms with E-state index < -0.39 is 0 Å². The molecule has 0 radical (unpaired) electrons. The first-order valence-corrected chi connectivity index (χ1v) is 8.38. The monoisotopic (exact) mass is 290 g/mol. The SMILES string of the molecule is Cc1cc(CN2CC(C(C)C)NCC2(C)C2CC2)n(C)n1. The third-order valence-corrected chi connectivity index (χ3v) is 5.57. The van der Waals surface area contributed by atoms with Crippen LogP contribution < -0.4 is 5.32 Å². The standard InChI is InChI=1S/C17H30N4/c1-12(2)16-10-21(9-15-8-13(3)19-20(15)5)17(4,11-18-16)14-6-7-14/h8,12,14,16,18H,6-7,9-11H2,1-5H3. The number of piperazine rings is 1. The fourth-order valence-electron chi connectivity index (χ4n) is 3.77. The van der Waals surface area contributed by atoms with Crippen LogP contribution >= 0.6 is 0 Å². The molecule has 1 aromatic heterocycles. The van der Waals surface area contributed by atoms with Gasteiger partial charge in [0.05, 0.1) is 11.4 Å². The van der Waals surface area contributed by atoms with Gasteiger partial charge in [0.1, 0.15) is 0 Å². The minimum Gasteiger partial charge on any atom is -0.311 e. The highest BCUT2D eigenvalue weighted by molar-refractivity contribution is 5.12. The van der Waals surface area contributed by atoms with Gasteiger partial charge in [-0.15, -0.1) is 0 Å². The molecule has 4 nitrogen and oxygen atoms in total. The van der Waals surface area contributed by atoms with Crippen molar-refractivity contribution in [1.29, 1.82) is 0 Å². The lowest BCUT2D eigenvalue weighted by Crippen LogP contribution is -2.65. The van der Waals surface area contributed by atoms with Gasteiger partial charge in [0.2, 0.25) is 0 Å². The zero-order valence-corrected chi connectivity index (χ0v) is 14.2. The molecule has 0 bridgehead atoms. The van der Waals surface area contributed by atoms with E-state index in [4.69, 9.17) is 0 Å². The van der Waals surface area contributed by atoms with E-state index in [-0.39, 0.29) is 0 Å². The lowest BCUT2D eigenvalue weighted by atomic mass is 9.87. The van der Waals surface area contributed by atoms with Crippen molar-refractivity contribution >= 4 is 0 Å². The average Bonchev–Trinajstić information content (AvgIpc) is 3.20. The van der Waals surface area contributed by atoms with E-state index in [0.717, 1.165) is 31.2 Å². The number of aryl methyl sites for hydroxylation is 2. The molecular formula is C17H30N4. The molecule has 1 aliphatic heterocycles. The van der Waals surface area contributed by atoms with Gasteiger partial charge in [-0.2, -0.15) is 5.10 Å². The molecule has 0 spiro atoms. The van der Waals surface area contributed by atoms with Crippen LogP contribution in [0.5, 0.6) is 0 Å². The Morgan fingerprint density at radius 1 is 1.43 bits per heavy atom. The summed E-state index contributed by atoms with van der Waals surface area (Å²) in [7, 11) is 2.07. The van der Waals surface area contributed by atoms with Crippen LogP contribution in [0.1, 0.15) is 45.0 Å². The van der Waals surface area contributed by atoms with E-state index in [1.165, 1.54) is 18.5 Å². The molecule has 21 heavy (non-hydrogen) atoms. The van der Waals surface area contributed by atoms with Crippen LogP contribution in [0.15, 0.2) is 6.07 Å². The molecule has 1 saturated carbocycles. The van der Waals surface area contributed by atoms with Gasteiger partial charge in [0, 0.05) is 38.3 Å². The van der Waals surface area contributed by atoms with E-state index in [2.05, 4.69) is 60.8 Å². The molecule has 3 rings (SSSR count). The Morgan fingerprint density at radius 3 is 2.67 bits per heavy atom. The molecule has 2 atom stereocenters. The van der Waals surface area contributed by atoms with Crippen molar-refractivity contribution in [2.45, 2.75) is 58.7 Å². The van der Waals surface area contributed by atoms with E-state index >= 15 is 0 Å². The largest absolute Gasteiger partial charge is 0.311 e. The highest BCUT2D eigenvalue weighted by atomic mass is 15.3. The predicted molar refractivity (Wildman–Crippen MR) is 86.1 cm³/mol. The Balaban J connectivity index is 1.81. The predicted octanol–water partition coefficient (Wildman–Crippen LogP) is 2.33. The maximum atomic E-state index is 4.51. The van der Waals surface area contributed by atoms with Gasteiger partial charge in [0.15, 0.2) is 0 Å². The third-order valence-electron chi connectivity index (χ3n) is 5.57.